The number of aromatic nitrogens is 6. The molecular weight excluding hydrogens is 432 g/mol. The number of rotatable bonds is 2. The van der Waals surface area contributed by atoms with Crippen LogP contribution < -0.4 is 4.90 Å². The summed E-state index contributed by atoms with van der Waals surface area (Å²) in [4.78, 5) is 24.9. The predicted octanol–water partition coefficient (Wildman–Crippen LogP) is 2.73. The predicted molar refractivity (Wildman–Crippen MR) is 124 cm³/mol. The molecule has 4 aromatic heterocycles. The van der Waals surface area contributed by atoms with Gasteiger partial charge in [0, 0.05) is 48.4 Å². The summed E-state index contributed by atoms with van der Waals surface area (Å²) >= 11 is 0. The minimum atomic E-state index is -0.502. The van der Waals surface area contributed by atoms with Crippen LogP contribution >= 0.6 is 0 Å². The number of pyridine rings is 1. The van der Waals surface area contributed by atoms with Crippen molar-refractivity contribution in [1.82, 2.24) is 29.5 Å². The summed E-state index contributed by atoms with van der Waals surface area (Å²) in [6.45, 7) is 8.79. The van der Waals surface area contributed by atoms with E-state index in [0.29, 0.717) is 30.2 Å². The van der Waals surface area contributed by atoms with Crippen LogP contribution in [0.2, 0.25) is 0 Å². The van der Waals surface area contributed by atoms with Gasteiger partial charge in [-0.15, -0.1) is 0 Å². The summed E-state index contributed by atoms with van der Waals surface area (Å²) < 4.78 is 13.7. The molecular formula is C24H24N8O2. The van der Waals surface area contributed by atoms with Gasteiger partial charge >= 0.3 is 0 Å². The molecule has 0 unspecified atom stereocenters. The summed E-state index contributed by atoms with van der Waals surface area (Å²) in [5.74, 6) is 2.30. The fraction of sp³-hybridized carbons (Fsp3) is 0.458. The lowest BCUT2D eigenvalue weighted by molar-refractivity contribution is -0.0985. The number of imidazole rings is 1. The van der Waals surface area contributed by atoms with Gasteiger partial charge in [-0.2, -0.15) is 5.26 Å². The molecule has 0 aliphatic carbocycles. The van der Waals surface area contributed by atoms with Gasteiger partial charge in [-0.05, 0) is 26.3 Å². The first-order chi connectivity index (χ1) is 16.5. The molecule has 3 aliphatic heterocycles. The van der Waals surface area contributed by atoms with E-state index in [9.17, 15) is 5.26 Å². The number of fused-ring (bicyclic) bond motifs is 4. The lowest BCUT2D eigenvalue weighted by Gasteiger charge is -2.37. The third-order valence-electron chi connectivity index (χ3n) is 7.36. The van der Waals surface area contributed by atoms with E-state index >= 15 is 0 Å². The highest BCUT2D eigenvalue weighted by Crippen LogP contribution is 2.42. The zero-order valence-electron chi connectivity index (χ0n) is 19.1. The lowest BCUT2D eigenvalue weighted by atomic mass is 9.85. The van der Waals surface area contributed by atoms with Gasteiger partial charge in [0.1, 0.15) is 23.1 Å². The summed E-state index contributed by atoms with van der Waals surface area (Å²) in [5.41, 5.74) is 3.33. The smallest absolute Gasteiger partial charge is 0.166 e. The van der Waals surface area contributed by atoms with Crippen LogP contribution in [0, 0.1) is 16.7 Å². The molecule has 3 aliphatic rings. The van der Waals surface area contributed by atoms with Crippen LogP contribution in [0.15, 0.2) is 18.5 Å². The maximum Gasteiger partial charge on any atom is 0.166 e. The average Bonchev–Trinajstić information content (AvgIpc) is 3.53. The highest BCUT2D eigenvalue weighted by Gasteiger charge is 2.45. The van der Waals surface area contributed by atoms with Crippen molar-refractivity contribution in [2.24, 2.45) is 5.41 Å². The fourth-order valence-corrected chi connectivity index (χ4v) is 5.42. The molecule has 172 valence electrons. The van der Waals surface area contributed by atoms with Gasteiger partial charge in [0.25, 0.3) is 0 Å². The number of nitrogens with one attached hydrogen (secondary N) is 1. The van der Waals surface area contributed by atoms with E-state index in [0.717, 1.165) is 66.5 Å². The molecule has 0 bridgehead atoms. The van der Waals surface area contributed by atoms with Crippen LogP contribution in [0.5, 0.6) is 0 Å². The summed E-state index contributed by atoms with van der Waals surface area (Å²) in [6.07, 6.45) is 4.52. The summed E-state index contributed by atoms with van der Waals surface area (Å²) in [7, 11) is 0. The van der Waals surface area contributed by atoms with Crippen molar-refractivity contribution in [3.8, 4) is 17.5 Å². The summed E-state index contributed by atoms with van der Waals surface area (Å²) in [5, 5.41) is 10.2. The molecule has 7 rings (SSSR count). The Morgan fingerprint density at radius 3 is 2.82 bits per heavy atom. The molecule has 4 aromatic rings. The standard InChI is InChI=1S/C24H24N8O2/c1-23(2)22-28-17-20(31-4-3-24(11-31)12-33-13-24)29-18(30-21(17)32(22)5-6-34-23)14-7-16-15(8-25)10-27-19(16)26-9-14/h7,9-10H,3-6,11-13H2,1-2H3,(H,26,27). The van der Waals surface area contributed by atoms with Crippen LogP contribution in [0.1, 0.15) is 31.7 Å². The van der Waals surface area contributed by atoms with E-state index in [1.165, 1.54) is 0 Å². The maximum absolute atomic E-state index is 9.48. The minimum absolute atomic E-state index is 0.215. The van der Waals surface area contributed by atoms with Gasteiger partial charge in [0.15, 0.2) is 22.8 Å². The molecule has 0 atom stereocenters. The number of H-pyrrole nitrogens is 1. The molecule has 2 saturated heterocycles. The van der Waals surface area contributed by atoms with Crippen molar-refractivity contribution >= 4 is 28.0 Å². The molecule has 0 aromatic carbocycles. The highest BCUT2D eigenvalue weighted by molar-refractivity contribution is 5.89. The fourth-order valence-electron chi connectivity index (χ4n) is 5.42. The monoisotopic (exact) mass is 456 g/mol. The lowest BCUT2D eigenvalue weighted by Crippen LogP contribution is -2.44. The Hall–Kier alpha value is -3.55. The third-order valence-corrected chi connectivity index (χ3v) is 7.36. The molecule has 0 saturated carbocycles. The van der Waals surface area contributed by atoms with Crippen LogP contribution in [-0.4, -0.2) is 62.4 Å². The van der Waals surface area contributed by atoms with E-state index in [-0.39, 0.29) is 5.41 Å². The Labute approximate surface area is 195 Å². The number of nitriles is 1. The number of hydrogen-bond donors (Lipinski definition) is 1. The molecule has 0 amide bonds. The number of hydrogen-bond acceptors (Lipinski definition) is 8. The van der Waals surface area contributed by atoms with Gasteiger partial charge < -0.3 is 23.9 Å². The van der Waals surface area contributed by atoms with E-state index in [1.54, 1.807) is 12.4 Å². The SMILES string of the molecule is CC1(C)OCCn2c1nc1c(N3CCC4(COC4)C3)nc(-c3cnc4[nH]cc(C#N)c4c3)nc12. The Kier molecular flexibility index (Phi) is 3.94. The van der Waals surface area contributed by atoms with Crippen molar-refractivity contribution in [3.63, 3.8) is 0 Å². The largest absolute Gasteiger partial charge is 0.380 e. The number of anilines is 1. The first kappa shape index (κ1) is 19.9. The van der Waals surface area contributed by atoms with Crippen molar-refractivity contribution in [2.75, 3.05) is 37.8 Å². The van der Waals surface area contributed by atoms with Crippen LogP contribution in [0.4, 0.5) is 5.82 Å². The van der Waals surface area contributed by atoms with E-state index < -0.39 is 5.60 Å². The molecule has 10 nitrogen and oxygen atoms in total. The maximum atomic E-state index is 9.48. The molecule has 1 spiro atoms. The highest BCUT2D eigenvalue weighted by atomic mass is 16.5. The molecule has 2 fully saturated rings. The quantitative estimate of drug-likeness (QED) is 0.489. The Balaban J connectivity index is 1.44. The van der Waals surface area contributed by atoms with E-state index in [2.05, 4.69) is 25.5 Å². The van der Waals surface area contributed by atoms with E-state index in [4.69, 9.17) is 24.4 Å². The molecule has 0 radical (unpaired) electrons. The first-order valence-electron chi connectivity index (χ1n) is 11.6. The number of ether oxygens (including phenoxy) is 2. The van der Waals surface area contributed by atoms with Gasteiger partial charge in [0.2, 0.25) is 0 Å². The van der Waals surface area contributed by atoms with E-state index in [1.807, 2.05) is 19.9 Å². The third kappa shape index (κ3) is 2.74. The van der Waals surface area contributed by atoms with Crippen LogP contribution in [0.3, 0.4) is 0 Å². The van der Waals surface area contributed by atoms with Crippen molar-refractivity contribution in [1.29, 1.82) is 5.26 Å². The van der Waals surface area contributed by atoms with Gasteiger partial charge in [0.05, 0.1) is 25.4 Å². The van der Waals surface area contributed by atoms with Gasteiger partial charge in [-0.25, -0.2) is 19.9 Å². The topological polar surface area (TPSA) is 118 Å². The second-order valence-electron chi connectivity index (χ2n) is 10.1. The number of nitrogens with zero attached hydrogens (tertiary/aromatic N) is 7. The Morgan fingerprint density at radius 1 is 1.18 bits per heavy atom. The van der Waals surface area contributed by atoms with Crippen molar-refractivity contribution < 1.29 is 9.47 Å². The zero-order chi connectivity index (χ0) is 23.1. The van der Waals surface area contributed by atoms with Gasteiger partial charge in [-0.1, -0.05) is 0 Å². The zero-order valence-corrected chi connectivity index (χ0v) is 19.1. The average molecular weight is 457 g/mol. The van der Waals surface area contributed by atoms with Crippen LogP contribution in [-0.2, 0) is 21.6 Å². The second kappa shape index (κ2) is 6.74. The molecule has 1 N–H and O–H groups in total. The molecule has 10 heteroatoms. The molecule has 34 heavy (non-hydrogen) atoms. The normalized spacial score (nSPS) is 20.6. The minimum Gasteiger partial charge on any atom is -0.380 e. The van der Waals surface area contributed by atoms with Crippen LogP contribution in [0.25, 0.3) is 33.6 Å². The summed E-state index contributed by atoms with van der Waals surface area (Å²) in [6, 6.07) is 4.16. The van der Waals surface area contributed by atoms with Crippen molar-refractivity contribution in [3.05, 3.63) is 29.8 Å². The molecule has 7 heterocycles. The van der Waals surface area contributed by atoms with Gasteiger partial charge in [-0.3, -0.25) is 0 Å². The first-order valence-corrected chi connectivity index (χ1v) is 11.6. The van der Waals surface area contributed by atoms with Crippen molar-refractivity contribution in [2.45, 2.75) is 32.4 Å². The Morgan fingerprint density at radius 2 is 2.06 bits per heavy atom. The Bertz CT molecular complexity index is 1510. The second-order valence-corrected chi connectivity index (χ2v) is 10.1. The number of aromatic amines is 1.